The maximum Gasteiger partial charge on any atom is 0.352 e. The van der Waals surface area contributed by atoms with Gasteiger partial charge in [0.05, 0.1) is 0 Å². The van der Waals surface area contributed by atoms with Gasteiger partial charge in [-0.2, -0.15) is 0 Å². The molecule has 0 saturated carbocycles. The van der Waals surface area contributed by atoms with Crippen LogP contribution in [0.25, 0.3) is 10.9 Å². The topological polar surface area (TPSA) is 42.2 Å². The molecule has 20 heavy (non-hydrogen) atoms. The summed E-state index contributed by atoms with van der Waals surface area (Å²) >= 11 is 0. The van der Waals surface area contributed by atoms with E-state index in [0.717, 1.165) is 35.9 Å². The first kappa shape index (κ1) is 14.6. The number of carbonyl (C=O) groups is 1. The van der Waals surface area contributed by atoms with Crippen LogP contribution >= 0.6 is 0 Å². The van der Waals surface area contributed by atoms with E-state index in [4.69, 9.17) is 0 Å². The summed E-state index contributed by atoms with van der Waals surface area (Å²) in [6, 6.07) is 6.32. The summed E-state index contributed by atoms with van der Waals surface area (Å²) in [6.45, 7) is 9.11. The predicted octanol–water partition coefficient (Wildman–Crippen LogP) is 4.57. The van der Waals surface area contributed by atoms with Gasteiger partial charge in [-0.25, -0.2) is 4.79 Å². The molecule has 1 heterocycles. The number of benzene rings is 1. The maximum absolute atomic E-state index is 11.6. The summed E-state index contributed by atoms with van der Waals surface area (Å²) in [5.41, 5.74) is 3.61. The lowest BCUT2D eigenvalue weighted by Gasteiger charge is -2.09. The molecule has 1 aromatic carbocycles. The van der Waals surface area contributed by atoms with Crippen molar-refractivity contribution in [3.8, 4) is 0 Å². The number of unbranched alkanes of at least 4 members (excludes halogenated alkanes) is 1. The van der Waals surface area contributed by atoms with E-state index in [-0.39, 0.29) is 0 Å². The van der Waals surface area contributed by atoms with E-state index in [2.05, 4.69) is 39.0 Å². The molecule has 0 radical (unpaired) electrons. The third-order valence-electron chi connectivity index (χ3n) is 3.95. The number of nitrogens with zero attached hydrogens (tertiary/aromatic N) is 1. The van der Waals surface area contributed by atoms with Crippen LogP contribution in [0.15, 0.2) is 18.2 Å². The molecule has 1 N–H and O–H groups in total. The largest absolute Gasteiger partial charge is 0.477 e. The van der Waals surface area contributed by atoms with Gasteiger partial charge in [0.15, 0.2) is 0 Å². The smallest absolute Gasteiger partial charge is 0.352 e. The highest BCUT2D eigenvalue weighted by atomic mass is 16.4. The minimum absolute atomic E-state index is 0.439. The third kappa shape index (κ3) is 2.45. The average molecular weight is 273 g/mol. The first-order chi connectivity index (χ1) is 9.47. The van der Waals surface area contributed by atoms with Crippen LogP contribution in [-0.4, -0.2) is 15.6 Å². The first-order valence-electron chi connectivity index (χ1n) is 7.33. The van der Waals surface area contributed by atoms with E-state index >= 15 is 0 Å². The van der Waals surface area contributed by atoms with Gasteiger partial charge in [-0.05, 0) is 42.5 Å². The number of aryl methyl sites for hydroxylation is 2. The van der Waals surface area contributed by atoms with Crippen molar-refractivity contribution in [2.24, 2.45) is 0 Å². The lowest BCUT2D eigenvalue weighted by Crippen LogP contribution is -2.09. The predicted molar refractivity (Wildman–Crippen MR) is 82.6 cm³/mol. The summed E-state index contributed by atoms with van der Waals surface area (Å²) in [7, 11) is 0. The normalized spacial score (nSPS) is 11.4. The molecule has 0 amide bonds. The Morgan fingerprint density at radius 1 is 1.35 bits per heavy atom. The highest BCUT2D eigenvalue weighted by Gasteiger charge is 2.19. The molecule has 2 rings (SSSR count). The second kappa shape index (κ2) is 5.70. The number of hydrogen-bond acceptors (Lipinski definition) is 1. The second-order valence-electron chi connectivity index (χ2n) is 5.72. The fourth-order valence-corrected chi connectivity index (χ4v) is 2.72. The number of carboxylic acids is 1. The Labute approximate surface area is 120 Å². The van der Waals surface area contributed by atoms with E-state index in [0.29, 0.717) is 11.6 Å². The Hall–Kier alpha value is -1.77. The lowest BCUT2D eigenvalue weighted by atomic mass is 10.0. The van der Waals surface area contributed by atoms with Gasteiger partial charge >= 0.3 is 5.97 Å². The van der Waals surface area contributed by atoms with Gasteiger partial charge in [-0.1, -0.05) is 33.3 Å². The van der Waals surface area contributed by atoms with Crippen molar-refractivity contribution in [1.29, 1.82) is 0 Å². The van der Waals surface area contributed by atoms with Gasteiger partial charge in [0.25, 0.3) is 0 Å². The number of rotatable bonds is 5. The van der Waals surface area contributed by atoms with E-state index in [1.54, 1.807) is 0 Å². The molecule has 3 heteroatoms. The van der Waals surface area contributed by atoms with Gasteiger partial charge < -0.3 is 9.67 Å². The molecular weight excluding hydrogens is 250 g/mol. The highest BCUT2D eigenvalue weighted by Crippen LogP contribution is 2.29. The van der Waals surface area contributed by atoms with Crippen molar-refractivity contribution in [3.63, 3.8) is 0 Å². The Bertz CT molecular complexity index is 638. The van der Waals surface area contributed by atoms with E-state index < -0.39 is 5.97 Å². The molecule has 3 nitrogen and oxygen atoms in total. The standard InChI is InChI=1S/C17H23NO2/c1-5-6-9-18-15-8-7-13(11(2)3)10-14(15)12(4)16(18)17(19)20/h7-8,10-11H,5-6,9H2,1-4H3,(H,19,20). The summed E-state index contributed by atoms with van der Waals surface area (Å²) in [5, 5.41) is 10.6. The number of carboxylic acid groups (broad SMARTS) is 1. The fourth-order valence-electron chi connectivity index (χ4n) is 2.72. The van der Waals surface area contributed by atoms with Gasteiger partial charge in [0.1, 0.15) is 5.69 Å². The molecule has 0 unspecified atom stereocenters. The Morgan fingerprint density at radius 2 is 2.05 bits per heavy atom. The first-order valence-corrected chi connectivity index (χ1v) is 7.33. The molecule has 0 bridgehead atoms. The van der Waals surface area contributed by atoms with Crippen molar-refractivity contribution < 1.29 is 9.90 Å². The molecule has 0 saturated heterocycles. The molecule has 0 atom stereocenters. The Balaban J connectivity index is 2.68. The number of aromatic nitrogens is 1. The van der Waals surface area contributed by atoms with Gasteiger partial charge in [0, 0.05) is 17.4 Å². The molecule has 0 aliphatic heterocycles. The third-order valence-corrected chi connectivity index (χ3v) is 3.95. The van der Waals surface area contributed by atoms with Gasteiger partial charge in [-0.3, -0.25) is 0 Å². The molecule has 0 fully saturated rings. The van der Waals surface area contributed by atoms with Crippen molar-refractivity contribution in [3.05, 3.63) is 35.0 Å². The zero-order chi connectivity index (χ0) is 14.9. The van der Waals surface area contributed by atoms with Crippen molar-refractivity contribution in [2.75, 3.05) is 0 Å². The Morgan fingerprint density at radius 3 is 2.60 bits per heavy atom. The van der Waals surface area contributed by atoms with Crippen molar-refractivity contribution in [2.45, 2.75) is 53.0 Å². The van der Waals surface area contributed by atoms with Crippen molar-refractivity contribution >= 4 is 16.9 Å². The van der Waals surface area contributed by atoms with Gasteiger partial charge in [0.2, 0.25) is 0 Å². The van der Waals surface area contributed by atoms with Crippen LogP contribution in [0.1, 0.15) is 61.1 Å². The summed E-state index contributed by atoms with van der Waals surface area (Å²) in [6.07, 6.45) is 2.05. The monoisotopic (exact) mass is 273 g/mol. The van der Waals surface area contributed by atoms with Crippen LogP contribution in [0.2, 0.25) is 0 Å². The summed E-state index contributed by atoms with van der Waals surface area (Å²) < 4.78 is 1.96. The van der Waals surface area contributed by atoms with Crippen LogP contribution in [0.3, 0.4) is 0 Å². The quantitative estimate of drug-likeness (QED) is 0.867. The zero-order valence-corrected chi connectivity index (χ0v) is 12.7. The van der Waals surface area contributed by atoms with Crippen LogP contribution in [-0.2, 0) is 6.54 Å². The van der Waals surface area contributed by atoms with Crippen LogP contribution in [0.5, 0.6) is 0 Å². The number of aromatic carboxylic acids is 1. The minimum atomic E-state index is -0.833. The molecule has 108 valence electrons. The molecule has 2 aromatic rings. The second-order valence-corrected chi connectivity index (χ2v) is 5.72. The maximum atomic E-state index is 11.6. The van der Waals surface area contributed by atoms with Crippen LogP contribution in [0.4, 0.5) is 0 Å². The number of hydrogen-bond donors (Lipinski definition) is 1. The summed E-state index contributed by atoms with van der Waals surface area (Å²) in [5.74, 6) is -0.382. The van der Waals surface area contributed by atoms with Crippen molar-refractivity contribution in [1.82, 2.24) is 4.57 Å². The summed E-state index contributed by atoms with van der Waals surface area (Å²) in [4.78, 5) is 11.6. The Kier molecular flexibility index (Phi) is 4.17. The minimum Gasteiger partial charge on any atom is -0.477 e. The molecule has 0 spiro atoms. The SMILES string of the molecule is CCCCn1c(C(=O)O)c(C)c2cc(C(C)C)ccc21. The molecular formula is C17H23NO2. The van der Waals surface area contributed by atoms with E-state index in [1.165, 1.54) is 5.56 Å². The fraction of sp³-hybridized carbons (Fsp3) is 0.471. The van der Waals surface area contributed by atoms with Crippen LogP contribution in [0, 0.1) is 6.92 Å². The zero-order valence-electron chi connectivity index (χ0n) is 12.7. The molecule has 0 aliphatic carbocycles. The molecule has 1 aromatic heterocycles. The van der Waals surface area contributed by atoms with Gasteiger partial charge in [-0.15, -0.1) is 0 Å². The van der Waals surface area contributed by atoms with E-state index in [1.807, 2.05) is 11.5 Å². The lowest BCUT2D eigenvalue weighted by molar-refractivity contribution is 0.0684. The van der Waals surface area contributed by atoms with E-state index in [9.17, 15) is 9.90 Å². The van der Waals surface area contributed by atoms with Crippen LogP contribution < -0.4 is 0 Å². The average Bonchev–Trinajstić information content (AvgIpc) is 2.68. The highest BCUT2D eigenvalue weighted by molar-refractivity contribution is 5.98. The molecule has 0 aliphatic rings. The number of fused-ring (bicyclic) bond motifs is 1.